The molecule has 0 atom stereocenters. The number of hydrogen-bond donors (Lipinski definition) is 1. The summed E-state index contributed by atoms with van der Waals surface area (Å²) in [4.78, 5) is 25.5. The molecule has 160 valence electrons. The minimum atomic E-state index is -0.445. The van der Waals surface area contributed by atoms with Crippen LogP contribution in [0.2, 0.25) is 0 Å². The van der Waals surface area contributed by atoms with Gasteiger partial charge in [0.25, 0.3) is 5.91 Å². The number of esters is 1. The number of methoxy groups -OCH3 is 1. The van der Waals surface area contributed by atoms with E-state index in [2.05, 4.69) is 37.4 Å². The first-order chi connectivity index (χ1) is 15.0. The zero-order valence-electron chi connectivity index (χ0n) is 18.2. The first-order valence-electron chi connectivity index (χ1n) is 10.7. The van der Waals surface area contributed by atoms with Crippen LogP contribution in [0, 0.1) is 0 Å². The van der Waals surface area contributed by atoms with Gasteiger partial charge in [-0.25, -0.2) is 4.79 Å². The van der Waals surface area contributed by atoms with E-state index in [0.29, 0.717) is 22.0 Å². The first kappa shape index (κ1) is 21.3. The lowest BCUT2D eigenvalue weighted by Crippen LogP contribution is -2.14. The van der Waals surface area contributed by atoms with Gasteiger partial charge in [-0.05, 0) is 66.0 Å². The Bertz CT molecular complexity index is 1110. The fraction of sp³-hybridized carbons (Fsp3) is 0.308. The lowest BCUT2D eigenvalue weighted by molar-refractivity contribution is 0.0603. The van der Waals surface area contributed by atoms with Crippen molar-refractivity contribution >= 4 is 28.2 Å². The second-order valence-electron chi connectivity index (χ2n) is 8.27. The molecule has 1 heterocycles. The SMILES string of the molecule is COC(=O)c1c(-c2ccc3c(c2)CCCC3)csc1NC(=O)c1ccc(C(C)C)cc1. The minimum Gasteiger partial charge on any atom is -0.465 e. The summed E-state index contributed by atoms with van der Waals surface area (Å²) in [5, 5.41) is 5.36. The van der Waals surface area contributed by atoms with E-state index in [4.69, 9.17) is 4.74 Å². The number of hydrogen-bond acceptors (Lipinski definition) is 4. The van der Waals surface area contributed by atoms with Crippen LogP contribution in [0.4, 0.5) is 5.00 Å². The van der Waals surface area contributed by atoms with Crippen molar-refractivity contribution in [3.05, 3.63) is 75.7 Å². The van der Waals surface area contributed by atoms with Crippen molar-refractivity contribution < 1.29 is 14.3 Å². The van der Waals surface area contributed by atoms with Crippen LogP contribution in [0.1, 0.15) is 70.0 Å². The predicted molar refractivity (Wildman–Crippen MR) is 126 cm³/mol. The van der Waals surface area contributed by atoms with Crippen LogP contribution < -0.4 is 5.32 Å². The first-order valence-corrected chi connectivity index (χ1v) is 11.6. The van der Waals surface area contributed by atoms with Crippen LogP contribution in [-0.4, -0.2) is 19.0 Å². The zero-order valence-corrected chi connectivity index (χ0v) is 19.0. The number of carbonyl (C=O) groups is 2. The van der Waals surface area contributed by atoms with Crippen molar-refractivity contribution in [3.63, 3.8) is 0 Å². The molecule has 4 rings (SSSR count). The van der Waals surface area contributed by atoms with E-state index in [9.17, 15) is 9.59 Å². The molecule has 0 spiro atoms. The highest BCUT2D eigenvalue weighted by Crippen LogP contribution is 2.38. The van der Waals surface area contributed by atoms with Crippen LogP contribution in [0.25, 0.3) is 11.1 Å². The monoisotopic (exact) mass is 433 g/mol. The molecule has 31 heavy (non-hydrogen) atoms. The molecule has 1 aromatic heterocycles. The summed E-state index contributed by atoms with van der Waals surface area (Å²) in [5.41, 5.74) is 6.68. The molecule has 0 radical (unpaired) electrons. The molecule has 1 aliphatic rings. The van der Waals surface area contributed by atoms with Gasteiger partial charge in [0.2, 0.25) is 0 Å². The Labute approximate surface area is 187 Å². The molecule has 0 aliphatic heterocycles. The topological polar surface area (TPSA) is 55.4 Å². The van der Waals surface area contributed by atoms with Crippen molar-refractivity contribution in [3.8, 4) is 11.1 Å². The summed E-state index contributed by atoms with van der Waals surface area (Å²) in [5.74, 6) is -0.279. The van der Waals surface area contributed by atoms with Crippen molar-refractivity contribution in [1.29, 1.82) is 0 Å². The lowest BCUT2D eigenvalue weighted by Gasteiger charge is -2.16. The third-order valence-electron chi connectivity index (χ3n) is 5.91. The average molecular weight is 434 g/mol. The van der Waals surface area contributed by atoms with Gasteiger partial charge in [-0.2, -0.15) is 0 Å². The second-order valence-corrected chi connectivity index (χ2v) is 9.15. The number of benzene rings is 2. The summed E-state index contributed by atoms with van der Waals surface area (Å²) in [7, 11) is 1.37. The standard InChI is InChI=1S/C26H27NO3S/c1-16(2)17-8-11-19(12-9-17)24(28)27-25-23(26(29)30-3)22(15-31-25)21-13-10-18-6-4-5-7-20(18)14-21/h8-16H,4-7H2,1-3H3,(H,27,28). The quantitative estimate of drug-likeness (QED) is 0.470. The van der Waals surface area contributed by atoms with E-state index in [1.807, 2.05) is 29.6 Å². The Kier molecular flexibility index (Phi) is 6.23. The number of amides is 1. The van der Waals surface area contributed by atoms with Crippen LogP contribution in [-0.2, 0) is 17.6 Å². The third kappa shape index (κ3) is 4.42. The normalized spacial score (nSPS) is 13.0. The van der Waals surface area contributed by atoms with Crippen molar-refractivity contribution in [2.45, 2.75) is 45.4 Å². The van der Waals surface area contributed by atoms with E-state index < -0.39 is 5.97 Å². The maximum Gasteiger partial charge on any atom is 0.341 e. The van der Waals surface area contributed by atoms with E-state index in [1.54, 1.807) is 0 Å². The van der Waals surface area contributed by atoms with Gasteiger partial charge in [0.05, 0.1) is 7.11 Å². The van der Waals surface area contributed by atoms with E-state index in [-0.39, 0.29) is 5.91 Å². The second kappa shape index (κ2) is 9.06. The number of carbonyl (C=O) groups excluding carboxylic acids is 2. The fourth-order valence-electron chi connectivity index (χ4n) is 4.06. The molecule has 0 fully saturated rings. The van der Waals surface area contributed by atoms with Gasteiger partial charge >= 0.3 is 5.97 Å². The average Bonchev–Trinajstić information content (AvgIpc) is 3.21. The van der Waals surface area contributed by atoms with Gasteiger partial charge in [0, 0.05) is 16.5 Å². The van der Waals surface area contributed by atoms with Crippen LogP contribution in [0.15, 0.2) is 47.8 Å². The van der Waals surface area contributed by atoms with Gasteiger partial charge < -0.3 is 10.1 Å². The molecule has 0 bridgehead atoms. The highest BCUT2D eigenvalue weighted by molar-refractivity contribution is 7.15. The molecule has 1 N–H and O–H groups in total. The van der Waals surface area contributed by atoms with Crippen molar-refractivity contribution in [2.75, 3.05) is 12.4 Å². The number of ether oxygens (including phenoxy) is 1. The molecule has 2 aromatic carbocycles. The number of rotatable bonds is 5. The highest BCUT2D eigenvalue weighted by Gasteiger charge is 2.23. The summed E-state index contributed by atoms with van der Waals surface area (Å²) < 4.78 is 5.06. The van der Waals surface area contributed by atoms with Crippen LogP contribution in [0.3, 0.4) is 0 Å². The van der Waals surface area contributed by atoms with E-state index in [0.717, 1.165) is 24.0 Å². The summed E-state index contributed by atoms with van der Waals surface area (Å²) >= 11 is 1.35. The van der Waals surface area contributed by atoms with Crippen LogP contribution in [0.5, 0.6) is 0 Å². The number of thiophene rings is 1. The Morgan fingerprint density at radius 3 is 2.39 bits per heavy atom. The molecule has 3 aromatic rings. The fourth-order valence-corrected chi connectivity index (χ4v) is 5.02. The number of nitrogens with one attached hydrogen (secondary N) is 1. The zero-order chi connectivity index (χ0) is 22.0. The maximum atomic E-state index is 12.8. The predicted octanol–water partition coefficient (Wildman–Crippen LogP) is 6.46. The third-order valence-corrected chi connectivity index (χ3v) is 6.80. The van der Waals surface area contributed by atoms with E-state index in [1.165, 1.54) is 48.0 Å². The highest BCUT2D eigenvalue weighted by atomic mass is 32.1. The summed E-state index contributed by atoms with van der Waals surface area (Å²) in [6.45, 7) is 4.23. The summed E-state index contributed by atoms with van der Waals surface area (Å²) in [6, 6.07) is 14.0. The van der Waals surface area contributed by atoms with Gasteiger partial charge in [0.1, 0.15) is 10.6 Å². The molecule has 1 amide bonds. The molecule has 0 unspecified atom stereocenters. The number of aryl methyl sites for hydroxylation is 2. The Morgan fingerprint density at radius 2 is 1.71 bits per heavy atom. The largest absolute Gasteiger partial charge is 0.465 e. The lowest BCUT2D eigenvalue weighted by atomic mass is 9.89. The number of fused-ring (bicyclic) bond motifs is 1. The molecule has 1 aliphatic carbocycles. The molecular formula is C26H27NO3S. The smallest absolute Gasteiger partial charge is 0.341 e. The van der Waals surface area contributed by atoms with Gasteiger partial charge in [-0.3, -0.25) is 4.79 Å². The van der Waals surface area contributed by atoms with Crippen LogP contribution >= 0.6 is 11.3 Å². The maximum absolute atomic E-state index is 12.8. The van der Waals surface area contributed by atoms with Crippen molar-refractivity contribution in [1.82, 2.24) is 0 Å². The summed E-state index contributed by atoms with van der Waals surface area (Å²) in [6.07, 6.45) is 4.60. The molecular weight excluding hydrogens is 406 g/mol. The van der Waals surface area contributed by atoms with Gasteiger partial charge in [-0.15, -0.1) is 11.3 Å². The molecule has 5 heteroatoms. The molecule has 0 saturated heterocycles. The molecule has 0 saturated carbocycles. The molecule has 4 nitrogen and oxygen atoms in total. The Hall–Kier alpha value is -2.92. The Balaban J connectivity index is 1.65. The van der Waals surface area contributed by atoms with Gasteiger partial charge in [-0.1, -0.05) is 44.2 Å². The van der Waals surface area contributed by atoms with E-state index >= 15 is 0 Å². The minimum absolute atomic E-state index is 0.237. The van der Waals surface area contributed by atoms with Crippen molar-refractivity contribution in [2.24, 2.45) is 0 Å². The van der Waals surface area contributed by atoms with Gasteiger partial charge in [0.15, 0.2) is 0 Å². The number of anilines is 1. The Morgan fingerprint density at radius 1 is 1.00 bits per heavy atom.